The Morgan fingerprint density at radius 1 is 1.24 bits per heavy atom. The van der Waals surface area contributed by atoms with Crippen LogP contribution in [0, 0.1) is 0 Å². The molecule has 1 heterocycles. The molecule has 0 spiro atoms. The van der Waals surface area contributed by atoms with Crippen molar-refractivity contribution in [1.82, 2.24) is 15.1 Å². The maximum Gasteiger partial charge on any atom is 0.253 e. The molecular formula is C18H28ClN3O3. The normalized spacial score (nSPS) is 16.7. The highest BCUT2D eigenvalue weighted by atomic mass is 35.5. The molecule has 25 heavy (non-hydrogen) atoms. The second-order valence-corrected chi connectivity index (χ2v) is 6.23. The predicted octanol–water partition coefficient (Wildman–Crippen LogP) is 1.54. The average Bonchev–Trinajstić information content (AvgIpc) is 2.60. The molecule has 0 radical (unpaired) electrons. The van der Waals surface area contributed by atoms with Crippen LogP contribution in [0.3, 0.4) is 0 Å². The van der Waals surface area contributed by atoms with E-state index in [2.05, 4.69) is 5.32 Å². The molecule has 6 nitrogen and oxygen atoms in total. The van der Waals surface area contributed by atoms with Gasteiger partial charge in [-0.2, -0.15) is 0 Å². The van der Waals surface area contributed by atoms with Gasteiger partial charge in [0, 0.05) is 51.8 Å². The number of halogens is 1. The second kappa shape index (κ2) is 10.4. The quantitative estimate of drug-likeness (QED) is 0.826. The Kier molecular flexibility index (Phi) is 8.89. The number of carbonyl (C=O) groups excluding carboxylic acids is 2. The zero-order valence-electron chi connectivity index (χ0n) is 15.2. The van der Waals surface area contributed by atoms with E-state index in [1.807, 2.05) is 36.1 Å². The fraction of sp³-hybridized carbons (Fsp3) is 0.556. The highest BCUT2D eigenvalue weighted by molar-refractivity contribution is 5.93. The van der Waals surface area contributed by atoms with Crippen LogP contribution in [-0.4, -0.2) is 68.1 Å². The third-order valence-corrected chi connectivity index (χ3v) is 4.13. The van der Waals surface area contributed by atoms with Gasteiger partial charge in [-0.3, -0.25) is 9.59 Å². The number of nitrogens with zero attached hydrogens (tertiary/aromatic N) is 2. The predicted molar refractivity (Wildman–Crippen MR) is 100 cm³/mol. The first-order valence-electron chi connectivity index (χ1n) is 8.40. The summed E-state index contributed by atoms with van der Waals surface area (Å²) in [5.41, 5.74) is 1.68. The number of morpholine rings is 1. The van der Waals surface area contributed by atoms with E-state index in [0.717, 1.165) is 12.1 Å². The van der Waals surface area contributed by atoms with Gasteiger partial charge < -0.3 is 19.9 Å². The summed E-state index contributed by atoms with van der Waals surface area (Å²) in [6, 6.07) is 7.54. The van der Waals surface area contributed by atoms with Crippen molar-refractivity contribution in [3.8, 4) is 0 Å². The SMILES string of the molecule is CCN(Cc1ccc(C(=O)N(C)C)cc1)C(=O)CC1COCCN1.Cl. The lowest BCUT2D eigenvalue weighted by Crippen LogP contribution is -2.45. The van der Waals surface area contributed by atoms with Gasteiger partial charge in [0.2, 0.25) is 5.91 Å². The van der Waals surface area contributed by atoms with Crippen LogP contribution in [-0.2, 0) is 16.1 Å². The first kappa shape index (κ1) is 21.4. The van der Waals surface area contributed by atoms with Gasteiger partial charge in [-0.25, -0.2) is 0 Å². The Hall–Kier alpha value is -1.63. The van der Waals surface area contributed by atoms with Gasteiger partial charge in [0.05, 0.1) is 13.2 Å². The standard InChI is InChI=1S/C18H27N3O3.ClH/c1-4-21(17(22)11-16-13-24-10-9-19-16)12-14-5-7-15(8-6-14)18(23)20(2)3;/h5-8,16,19H,4,9-13H2,1-3H3;1H. The van der Waals surface area contributed by atoms with Gasteiger partial charge in [0.15, 0.2) is 0 Å². The molecule has 2 rings (SSSR count). The van der Waals surface area contributed by atoms with Gasteiger partial charge >= 0.3 is 0 Å². The fourth-order valence-corrected chi connectivity index (χ4v) is 2.70. The highest BCUT2D eigenvalue weighted by Gasteiger charge is 2.20. The molecule has 1 aromatic rings. The van der Waals surface area contributed by atoms with Crippen molar-refractivity contribution in [1.29, 1.82) is 0 Å². The Balaban J connectivity index is 0.00000312. The second-order valence-electron chi connectivity index (χ2n) is 6.23. The molecule has 2 amide bonds. The molecule has 1 unspecified atom stereocenters. The van der Waals surface area contributed by atoms with Crippen molar-refractivity contribution in [2.24, 2.45) is 0 Å². The summed E-state index contributed by atoms with van der Waals surface area (Å²) >= 11 is 0. The minimum absolute atomic E-state index is 0. The summed E-state index contributed by atoms with van der Waals surface area (Å²) in [7, 11) is 3.47. The molecule has 1 saturated heterocycles. The van der Waals surface area contributed by atoms with Gasteiger partial charge in [-0.05, 0) is 24.6 Å². The molecule has 0 bridgehead atoms. The zero-order valence-corrected chi connectivity index (χ0v) is 16.0. The molecule has 0 aliphatic carbocycles. The van der Waals surface area contributed by atoms with Gasteiger partial charge in [-0.15, -0.1) is 12.4 Å². The topological polar surface area (TPSA) is 61.9 Å². The molecule has 1 atom stereocenters. The van der Waals surface area contributed by atoms with Crippen LogP contribution in [0.5, 0.6) is 0 Å². The number of amides is 2. The Labute approximate surface area is 155 Å². The van der Waals surface area contributed by atoms with E-state index < -0.39 is 0 Å². The van der Waals surface area contributed by atoms with E-state index in [0.29, 0.717) is 38.3 Å². The third-order valence-electron chi connectivity index (χ3n) is 4.13. The summed E-state index contributed by atoms with van der Waals surface area (Å²) in [4.78, 5) is 27.8. The molecule has 1 aromatic carbocycles. The van der Waals surface area contributed by atoms with E-state index in [4.69, 9.17) is 4.74 Å². The van der Waals surface area contributed by atoms with E-state index in [1.165, 1.54) is 0 Å². The van der Waals surface area contributed by atoms with E-state index in [9.17, 15) is 9.59 Å². The fourth-order valence-electron chi connectivity index (χ4n) is 2.70. The lowest BCUT2D eigenvalue weighted by atomic mass is 10.1. The summed E-state index contributed by atoms with van der Waals surface area (Å²) in [6.45, 7) is 5.28. The van der Waals surface area contributed by atoms with Gasteiger partial charge in [-0.1, -0.05) is 12.1 Å². The summed E-state index contributed by atoms with van der Waals surface area (Å²) < 4.78 is 5.40. The smallest absolute Gasteiger partial charge is 0.253 e. The number of hydrogen-bond donors (Lipinski definition) is 1. The Bertz CT molecular complexity index is 557. The molecule has 0 saturated carbocycles. The highest BCUT2D eigenvalue weighted by Crippen LogP contribution is 2.11. The van der Waals surface area contributed by atoms with Crippen molar-refractivity contribution in [2.45, 2.75) is 25.9 Å². The van der Waals surface area contributed by atoms with Crippen molar-refractivity contribution in [2.75, 3.05) is 40.4 Å². The largest absolute Gasteiger partial charge is 0.378 e. The zero-order chi connectivity index (χ0) is 17.5. The van der Waals surface area contributed by atoms with Crippen LogP contribution in [0.1, 0.15) is 29.3 Å². The number of carbonyl (C=O) groups is 2. The number of ether oxygens (including phenoxy) is 1. The first-order valence-corrected chi connectivity index (χ1v) is 8.40. The first-order chi connectivity index (χ1) is 11.5. The molecular weight excluding hydrogens is 342 g/mol. The average molecular weight is 370 g/mol. The van der Waals surface area contributed by atoms with Crippen LogP contribution in [0.25, 0.3) is 0 Å². The summed E-state index contributed by atoms with van der Waals surface area (Å²) in [6.07, 6.45) is 0.449. The van der Waals surface area contributed by atoms with E-state index in [-0.39, 0.29) is 30.3 Å². The van der Waals surface area contributed by atoms with Crippen LogP contribution >= 0.6 is 12.4 Å². The van der Waals surface area contributed by atoms with Crippen LogP contribution in [0.15, 0.2) is 24.3 Å². The minimum Gasteiger partial charge on any atom is -0.378 e. The molecule has 1 aliphatic rings. The number of benzene rings is 1. The van der Waals surface area contributed by atoms with Gasteiger partial charge in [0.1, 0.15) is 0 Å². The van der Waals surface area contributed by atoms with Gasteiger partial charge in [0.25, 0.3) is 5.91 Å². The molecule has 1 N–H and O–H groups in total. The maximum absolute atomic E-state index is 12.5. The van der Waals surface area contributed by atoms with Crippen molar-refractivity contribution in [3.63, 3.8) is 0 Å². The van der Waals surface area contributed by atoms with Crippen molar-refractivity contribution < 1.29 is 14.3 Å². The molecule has 140 valence electrons. The number of hydrogen-bond acceptors (Lipinski definition) is 4. The Morgan fingerprint density at radius 3 is 2.44 bits per heavy atom. The van der Waals surface area contributed by atoms with Crippen LogP contribution < -0.4 is 5.32 Å². The Morgan fingerprint density at radius 2 is 1.92 bits per heavy atom. The van der Waals surface area contributed by atoms with E-state index >= 15 is 0 Å². The number of rotatable bonds is 6. The number of nitrogens with one attached hydrogen (secondary N) is 1. The van der Waals surface area contributed by atoms with Crippen molar-refractivity contribution >= 4 is 24.2 Å². The van der Waals surface area contributed by atoms with Crippen LogP contribution in [0.2, 0.25) is 0 Å². The summed E-state index contributed by atoms with van der Waals surface area (Å²) in [5.74, 6) is 0.0993. The molecule has 1 fully saturated rings. The molecule has 1 aliphatic heterocycles. The molecule has 0 aromatic heterocycles. The lowest BCUT2D eigenvalue weighted by molar-refractivity contribution is -0.132. The lowest BCUT2D eigenvalue weighted by Gasteiger charge is -2.27. The minimum atomic E-state index is -0.0200. The van der Waals surface area contributed by atoms with E-state index in [1.54, 1.807) is 19.0 Å². The summed E-state index contributed by atoms with van der Waals surface area (Å²) in [5, 5.41) is 3.31. The maximum atomic E-state index is 12.5. The third kappa shape index (κ3) is 6.30. The molecule has 7 heteroatoms. The van der Waals surface area contributed by atoms with Crippen molar-refractivity contribution in [3.05, 3.63) is 35.4 Å². The monoisotopic (exact) mass is 369 g/mol. The van der Waals surface area contributed by atoms with Crippen LogP contribution in [0.4, 0.5) is 0 Å².